The van der Waals surface area contributed by atoms with Gasteiger partial charge in [0, 0.05) is 37.3 Å². The average Bonchev–Trinajstić information content (AvgIpc) is 3.53. The van der Waals surface area contributed by atoms with Gasteiger partial charge in [-0.25, -0.2) is 0 Å². The van der Waals surface area contributed by atoms with E-state index in [-0.39, 0.29) is 36.3 Å². The fraction of sp³-hybridized carbons (Fsp3) is 0.409. The van der Waals surface area contributed by atoms with Crippen molar-refractivity contribution in [1.29, 1.82) is 0 Å². The van der Waals surface area contributed by atoms with E-state index in [1.165, 1.54) is 0 Å². The first-order chi connectivity index (χ1) is 13.7. The quantitative estimate of drug-likeness (QED) is 0.880. The molecule has 1 aromatic carbocycles. The van der Waals surface area contributed by atoms with Crippen molar-refractivity contribution < 1.29 is 14.7 Å². The van der Waals surface area contributed by atoms with Gasteiger partial charge in [-0.3, -0.25) is 14.6 Å². The first-order valence-corrected chi connectivity index (χ1v) is 9.84. The van der Waals surface area contributed by atoms with Crippen LogP contribution in [-0.2, 0) is 4.79 Å². The van der Waals surface area contributed by atoms with Crippen molar-refractivity contribution in [1.82, 2.24) is 14.8 Å². The van der Waals surface area contributed by atoms with Gasteiger partial charge in [-0.2, -0.15) is 0 Å². The summed E-state index contributed by atoms with van der Waals surface area (Å²) in [5.41, 5.74) is 1.17. The van der Waals surface area contributed by atoms with Gasteiger partial charge in [0.15, 0.2) is 0 Å². The smallest absolute Gasteiger partial charge is 0.256 e. The minimum Gasteiger partial charge on any atom is -0.394 e. The number of rotatable bonds is 4. The topological polar surface area (TPSA) is 73.7 Å². The Kier molecular flexibility index (Phi) is 3.98. The van der Waals surface area contributed by atoms with Crippen molar-refractivity contribution in [2.75, 3.05) is 19.7 Å². The summed E-state index contributed by atoms with van der Waals surface area (Å²) < 4.78 is 0. The Morgan fingerprint density at radius 1 is 1.11 bits per heavy atom. The maximum Gasteiger partial charge on any atom is 0.256 e. The third kappa shape index (κ3) is 2.48. The van der Waals surface area contributed by atoms with E-state index < -0.39 is 5.54 Å². The molecule has 3 heterocycles. The van der Waals surface area contributed by atoms with E-state index in [1.807, 2.05) is 35.2 Å². The second kappa shape index (κ2) is 6.41. The molecule has 3 aliphatic rings. The summed E-state index contributed by atoms with van der Waals surface area (Å²) >= 11 is 0. The molecule has 6 heteroatoms. The summed E-state index contributed by atoms with van der Waals surface area (Å²) in [6.45, 7) is 0.957. The number of aliphatic hydroxyl groups excluding tert-OH is 1. The highest BCUT2D eigenvalue weighted by molar-refractivity contribution is 5.96. The maximum absolute atomic E-state index is 13.3. The lowest BCUT2D eigenvalue weighted by atomic mass is 9.60. The van der Waals surface area contributed by atoms with Crippen LogP contribution in [-0.4, -0.2) is 63.0 Å². The Morgan fingerprint density at radius 3 is 2.46 bits per heavy atom. The SMILES string of the molecule is O=C(C1CC1)N1CC2(C1)[C@@H](c1ccccc1)[C@@H](CO)N2C(=O)c1cccnc1. The first kappa shape index (κ1) is 17.4. The van der Waals surface area contributed by atoms with Gasteiger partial charge in [-0.1, -0.05) is 30.3 Å². The van der Waals surface area contributed by atoms with Crippen LogP contribution in [0.2, 0.25) is 0 Å². The standard InChI is InChI=1S/C22H23N3O3/c26-12-18-19(15-5-2-1-3-6-15)22(13-24(14-22)20(27)16-8-9-16)25(18)21(28)17-7-4-10-23-11-17/h1-7,10-11,16,18-19,26H,8-9,12-14H2/t18-,19+/m1/s1. The van der Waals surface area contributed by atoms with Crippen LogP contribution in [0.15, 0.2) is 54.9 Å². The summed E-state index contributed by atoms with van der Waals surface area (Å²) in [6, 6.07) is 13.2. The molecule has 144 valence electrons. The summed E-state index contributed by atoms with van der Waals surface area (Å²) in [5, 5.41) is 10.1. The van der Waals surface area contributed by atoms with Crippen molar-refractivity contribution >= 4 is 11.8 Å². The van der Waals surface area contributed by atoms with Gasteiger partial charge in [0.1, 0.15) is 0 Å². The number of carbonyl (C=O) groups is 2. The van der Waals surface area contributed by atoms with Gasteiger partial charge < -0.3 is 14.9 Å². The molecule has 1 saturated carbocycles. The number of pyridine rings is 1. The van der Waals surface area contributed by atoms with Crippen LogP contribution in [0.3, 0.4) is 0 Å². The molecule has 0 radical (unpaired) electrons. The minimum atomic E-state index is -0.452. The molecule has 0 unspecified atom stereocenters. The van der Waals surface area contributed by atoms with Crippen molar-refractivity contribution in [2.45, 2.75) is 30.3 Å². The Labute approximate surface area is 163 Å². The van der Waals surface area contributed by atoms with E-state index in [2.05, 4.69) is 4.98 Å². The molecule has 3 fully saturated rings. The molecule has 28 heavy (non-hydrogen) atoms. The summed E-state index contributed by atoms with van der Waals surface area (Å²) in [5.74, 6) is 0.266. The summed E-state index contributed by atoms with van der Waals surface area (Å²) in [7, 11) is 0. The zero-order valence-electron chi connectivity index (χ0n) is 15.6. The number of aromatic nitrogens is 1. The first-order valence-electron chi connectivity index (χ1n) is 9.84. The lowest BCUT2D eigenvalue weighted by Gasteiger charge is -2.70. The maximum atomic E-state index is 13.3. The zero-order valence-corrected chi connectivity index (χ0v) is 15.6. The fourth-order valence-corrected chi connectivity index (χ4v) is 4.97. The van der Waals surface area contributed by atoms with Gasteiger partial charge in [-0.05, 0) is 30.5 Å². The second-order valence-corrected chi connectivity index (χ2v) is 8.13. The Hall–Kier alpha value is -2.73. The molecule has 2 amide bonds. The number of nitrogens with zero attached hydrogens (tertiary/aromatic N) is 3. The summed E-state index contributed by atoms with van der Waals surface area (Å²) in [6.07, 6.45) is 5.15. The molecular formula is C22H23N3O3. The monoisotopic (exact) mass is 377 g/mol. The van der Waals surface area contributed by atoms with Crippen LogP contribution in [0.4, 0.5) is 0 Å². The molecule has 1 N–H and O–H groups in total. The van der Waals surface area contributed by atoms with Crippen molar-refractivity contribution in [3.05, 3.63) is 66.0 Å². The highest BCUT2D eigenvalue weighted by Gasteiger charge is 2.68. The van der Waals surface area contributed by atoms with Crippen molar-refractivity contribution in [3.8, 4) is 0 Å². The van der Waals surface area contributed by atoms with E-state index in [1.54, 1.807) is 29.4 Å². The van der Waals surface area contributed by atoms with Crippen molar-refractivity contribution in [2.24, 2.45) is 5.92 Å². The number of carbonyl (C=O) groups excluding carboxylic acids is 2. The lowest BCUT2D eigenvalue weighted by molar-refractivity contribution is -0.179. The molecule has 2 aliphatic heterocycles. The van der Waals surface area contributed by atoms with Gasteiger partial charge in [0.05, 0.1) is 23.8 Å². The minimum absolute atomic E-state index is 0.0163. The lowest BCUT2D eigenvalue weighted by Crippen LogP contribution is -2.86. The second-order valence-electron chi connectivity index (χ2n) is 8.13. The van der Waals surface area contributed by atoms with Gasteiger partial charge in [0.2, 0.25) is 5.91 Å². The fourth-order valence-electron chi connectivity index (χ4n) is 4.97. The van der Waals surface area contributed by atoms with Crippen molar-refractivity contribution in [3.63, 3.8) is 0 Å². The molecule has 0 bridgehead atoms. The normalized spacial score (nSPS) is 25.2. The van der Waals surface area contributed by atoms with Gasteiger partial charge in [-0.15, -0.1) is 0 Å². The number of likely N-dealkylation sites (tertiary alicyclic amines) is 2. The predicted molar refractivity (Wildman–Crippen MR) is 102 cm³/mol. The highest BCUT2D eigenvalue weighted by Crippen LogP contribution is 2.55. The zero-order chi connectivity index (χ0) is 19.3. The number of aliphatic hydroxyl groups is 1. The van der Waals surface area contributed by atoms with Crippen LogP contribution in [0.25, 0.3) is 0 Å². The molecule has 1 aromatic heterocycles. The predicted octanol–water partition coefficient (Wildman–Crippen LogP) is 1.67. The third-order valence-electron chi connectivity index (χ3n) is 6.42. The average molecular weight is 377 g/mol. The number of hydrogen-bond acceptors (Lipinski definition) is 4. The van der Waals surface area contributed by atoms with E-state index in [0.29, 0.717) is 18.7 Å². The Bertz CT molecular complexity index is 892. The van der Waals surface area contributed by atoms with E-state index in [4.69, 9.17) is 0 Å². The molecule has 2 atom stereocenters. The third-order valence-corrected chi connectivity index (χ3v) is 6.42. The molecular weight excluding hydrogens is 354 g/mol. The van der Waals surface area contributed by atoms with Gasteiger partial charge >= 0.3 is 0 Å². The molecule has 6 nitrogen and oxygen atoms in total. The molecule has 1 aliphatic carbocycles. The van der Waals surface area contributed by atoms with E-state index >= 15 is 0 Å². The molecule has 2 saturated heterocycles. The molecule has 5 rings (SSSR count). The Morgan fingerprint density at radius 2 is 1.86 bits per heavy atom. The molecule has 2 aromatic rings. The van der Waals surface area contributed by atoms with Crippen LogP contribution in [0, 0.1) is 5.92 Å². The molecule has 1 spiro atoms. The van der Waals surface area contributed by atoms with Crippen LogP contribution in [0.1, 0.15) is 34.7 Å². The highest BCUT2D eigenvalue weighted by atomic mass is 16.3. The van der Waals surface area contributed by atoms with Crippen LogP contribution >= 0.6 is 0 Å². The van der Waals surface area contributed by atoms with Crippen LogP contribution < -0.4 is 0 Å². The largest absolute Gasteiger partial charge is 0.394 e. The summed E-state index contributed by atoms with van der Waals surface area (Å²) in [4.78, 5) is 33.5. The van der Waals surface area contributed by atoms with Gasteiger partial charge in [0.25, 0.3) is 5.91 Å². The number of benzene rings is 1. The van der Waals surface area contributed by atoms with Crippen LogP contribution in [0.5, 0.6) is 0 Å². The number of hydrogen-bond donors (Lipinski definition) is 1. The van der Waals surface area contributed by atoms with E-state index in [0.717, 1.165) is 18.4 Å². The van der Waals surface area contributed by atoms with E-state index in [9.17, 15) is 14.7 Å². The Balaban J connectivity index is 1.48. The number of amides is 2.